The van der Waals surface area contributed by atoms with Crippen molar-refractivity contribution in [1.29, 1.82) is 0 Å². The van der Waals surface area contributed by atoms with Gasteiger partial charge in [0.15, 0.2) is 5.78 Å². The summed E-state index contributed by atoms with van der Waals surface area (Å²) in [7, 11) is 0. The van der Waals surface area contributed by atoms with Gasteiger partial charge in [0.05, 0.1) is 0 Å². The van der Waals surface area contributed by atoms with E-state index in [-0.39, 0.29) is 16.6 Å². The predicted molar refractivity (Wildman–Crippen MR) is 150 cm³/mol. The molecular weight excluding hydrogens is 424 g/mol. The van der Waals surface area contributed by atoms with Gasteiger partial charge in [-0.05, 0) is 82.5 Å². The molecule has 0 saturated carbocycles. The van der Waals surface area contributed by atoms with Gasteiger partial charge in [-0.3, -0.25) is 4.79 Å². The van der Waals surface area contributed by atoms with Crippen molar-refractivity contribution in [3.05, 3.63) is 107 Å². The fourth-order valence-corrected chi connectivity index (χ4v) is 5.93. The van der Waals surface area contributed by atoms with Gasteiger partial charge in [-0.2, -0.15) is 0 Å². The molecule has 0 atom stereocenters. The van der Waals surface area contributed by atoms with Gasteiger partial charge in [0.2, 0.25) is 0 Å². The molecule has 2 aliphatic rings. The first-order valence-corrected chi connectivity index (χ1v) is 13.0. The van der Waals surface area contributed by atoms with Gasteiger partial charge in [0.1, 0.15) is 0 Å². The van der Waals surface area contributed by atoms with E-state index in [1.807, 2.05) is 6.07 Å². The van der Waals surface area contributed by atoms with E-state index in [9.17, 15) is 4.79 Å². The fourth-order valence-electron chi connectivity index (χ4n) is 5.93. The van der Waals surface area contributed by atoms with Crippen molar-refractivity contribution in [2.75, 3.05) is 0 Å². The van der Waals surface area contributed by atoms with Crippen LogP contribution in [0.15, 0.2) is 78.9 Å². The molecule has 4 aromatic carbocycles. The van der Waals surface area contributed by atoms with Gasteiger partial charge in [-0.25, -0.2) is 0 Å². The van der Waals surface area contributed by atoms with Crippen LogP contribution in [-0.2, 0) is 23.7 Å². The lowest BCUT2D eigenvalue weighted by molar-refractivity contribution is 0.101. The van der Waals surface area contributed by atoms with Crippen LogP contribution in [0.3, 0.4) is 0 Å². The summed E-state index contributed by atoms with van der Waals surface area (Å²) >= 11 is 0. The van der Waals surface area contributed by atoms with Crippen molar-refractivity contribution >= 4 is 27.3 Å². The molecule has 0 bridgehead atoms. The minimum atomic E-state index is 0.154. The number of hydrogen-bond donors (Lipinski definition) is 0. The summed E-state index contributed by atoms with van der Waals surface area (Å²) in [5.41, 5.74) is 7.10. The molecule has 0 unspecified atom stereocenters. The standard InChI is InChI=1S/C20H18O.C14H18/c1-13(21)19-12-20-15-7-3-2-6-14(15)10-11-18(20)16-8-4-5-9-17(16)19;1-13(2)9-10-14(3,4)12-8-6-5-7-11(12)13/h4-5,8-12H,2-3,6-7H2,1H3;5-10H,1-4H3. The summed E-state index contributed by atoms with van der Waals surface area (Å²) in [6, 6.07) is 23.7. The van der Waals surface area contributed by atoms with E-state index in [0.717, 1.165) is 17.4 Å². The largest absolute Gasteiger partial charge is 0.294 e. The summed E-state index contributed by atoms with van der Waals surface area (Å²) in [6.07, 6.45) is 9.51. The molecule has 6 rings (SSSR count). The zero-order valence-electron chi connectivity index (χ0n) is 21.7. The summed E-state index contributed by atoms with van der Waals surface area (Å²) < 4.78 is 0. The molecule has 0 amide bonds. The highest BCUT2D eigenvalue weighted by molar-refractivity contribution is 6.17. The Morgan fingerprint density at radius 1 is 0.657 bits per heavy atom. The summed E-state index contributed by atoms with van der Waals surface area (Å²) in [5.74, 6) is 0.154. The summed E-state index contributed by atoms with van der Waals surface area (Å²) in [4.78, 5) is 12.1. The van der Waals surface area contributed by atoms with Crippen molar-refractivity contribution < 1.29 is 4.79 Å². The Kier molecular flexibility index (Phi) is 5.91. The lowest BCUT2D eigenvalue weighted by Gasteiger charge is -2.36. The van der Waals surface area contributed by atoms with Gasteiger partial charge in [0.25, 0.3) is 0 Å². The van der Waals surface area contributed by atoms with E-state index < -0.39 is 0 Å². The SMILES string of the molecule is CC(=O)c1cc2c3c(ccc2c2ccccc12)CCCC3.CC1(C)C=CC(C)(C)c2ccccc21. The van der Waals surface area contributed by atoms with Gasteiger partial charge < -0.3 is 0 Å². The molecule has 4 aromatic rings. The van der Waals surface area contributed by atoms with Crippen LogP contribution in [0.2, 0.25) is 0 Å². The van der Waals surface area contributed by atoms with Gasteiger partial charge in [0, 0.05) is 16.4 Å². The second-order valence-corrected chi connectivity index (χ2v) is 11.4. The molecule has 0 aliphatic heterocycles. The smallest absolute Gasteiger partial charge is 0.160 e. The number of ketones is 1. The molecule has 1 nitrogen and oxygen atoms in total. The van der Waals surface area contributed by atoms with E-state index in [4.69, 9.17) is 0 Å². The van der Waals surface area contributed by atoms with Gasteiger partial charge >= 0.3 is 0 Å². The van der Waals surface area contributed by atoms with Crippen LogP contribution in [0.4, 0.5) is 0 Å². The number of carbonyl (C=O) groups is 1. The maximum Gasteiger partial charge on any atom is 0.160 e. The normalized spacial score (nSPS) is 17.3. The Labute approximate surface area is 209 Å². The number of aryl methyl sites for hydroxylation is 2. The van der Waals surface area contributed by atoms with E-state index in [1.54, 1.807) is 6.92 Å². The highest BCUT2D eigenvalue weighted by Crippen LogP contribution is 2.40. The van der Waals surface area contributed by atoms with Crippen LogP contribution in [0.5, 0.6) is 0 Å². The Balaban J connectivity index is 0.000000158. The number of rotatable bonds is 1. The topological polar surface area (TPSA) is 17.1 Å². The van der Waals surface area contributed by atoms with Gasteiger partial charge in [-0.1, -0.05) is 101 Å². The number of benzene rings is 4. The minimum absolute atomic E-state index is 0.154. The lowest BCUT2D eigenvalue weighted by Crippen LogP contribution is -2.28. The zero-order chi connectivity index (χ0) is 24.8. The van der Waals surface area contributed by atoms with Crippen LogP contribution in [0.25, 0.3) is 21.5 Å². The Morgan fingerprint density at radius 3 is 1.83 bits per heavy atom. The maximum absolute atomic E-state index is 12.1. The maximum atomic E-state index is 12.1. The highest BCUT2D eigenvalue weighted by Gasteiger charge is 2.31. The Hall–Kier alpha value is -3.19. The molecule has 0 spiro atoms. The van der Waals surface area contributed by atoms with Crippen molar-refractivity contribution in [1.82, 2.24) is 0 Å². The molecule has 0 saturated heterocycles. The Morgan fingerprint density at radius 2 is 1.20 bits per heavy atom. The molecule has 178 valence electrons. The molecule has 0 fully saturated rings. The summed E-state index contributed by atoms with van der Waals surface area (Å²) in [5, 5.41) is 4.86. The second-order valence-electron chi connectivity index (χ2n) is 11.4. The third-order valence-corrected chi connectivity index (χ3v) is 7.98. The van der Waals surface area contributed by atoms with Crippen molar-refractivity contribution in [3.8, 4) is 0 Å². The minimum Gasteiger partial charge on any atom is -0.294 e. The molecule has 35 heavy (non-hydrogen) atoms. The number of carbonyl (C=O) groups excluding carboxylic acids is 1. The predicted octanol–water partition coefficient (Wildman–Crippen LogP) is 8.89. The number of fused-ring (bicyclic) bond motifs is 6. The molecule has 1 heteroatoms. The van der Waals surface area contributed by atoms with Crippen molar-refractivity contribution in [2.24, 2.45) is 0 Å². The molecule has 0 radical (unpaired) electrons. The summed E-state index contributed by atoms with van der Waals surface area (Å²) in [6.45, 7) is 10.8. The van der Waals surface area contributed by atoms with Crippen LogP contribution >= 0.6 is 0 Å². The first kappa shape index (κ1) is 23.5. The van der Waals surface area contributed by atoms with Crippen LogP contribution in [0, 0.1) is 0 Å². The van der Waals surface area contributed by atoms with E-state index >= 15 is 0 Å². The highest BCUT2D eigenvalue weighted by atomic mass is 16.1. The number of Topliss-reactive ketones (excluding diaryl/α,β-unsaturated/α-hetero) is 1. The fraction of sp³-hybridized carbons (Fsp3) is 0.324. The molecule has 0 N–H and O–H groups in total. The van der Waals surface area contributed by atoms with Gasteiger partial charge in [-0.15, -0.1) is 0 Å². The first-order chi connectivity index (χ1) is 16.7. The Bertz CT molecular complexity index is 1430. The lowest BCUT2D eigenvalue weighted by atomic mass is 9.68. The average molecular weight is 461 g/mol. The number of allylic oxidation sites excluding steroid dienone is 2. The van der Waals surface area contributed by atoms with E-state index in [2.05, 4.69) is 101 Å². The third-order valence-electron chi connectivity index (χ3n) is 7.98. The molecular formula is C34H36O. The molecule has 2 aliphatic carbocycles. The van der Waals surface area contributed by atoms with Crippen LogP contribution in [-0.4, -0.2) is 5.78 Å². The second kappa shape index (κ2) is 8.79. The van der Waals surface area contributed by atoms with E-state index in [0.29, 0.717) is 0 Å². The molecule has 0 aromatic heterocycles. The first-order valence-electron chi connectivity index (χ1n) is 13.0. The average Bonchev–Trinajstić information content (AvgIpc) is 2.86. The number of hydrogen-bond acceptors (Lipinski definition) is 1. The van der Waals surface area contributed by atoms with Crippen molar-refractivity contribution in [3.63, 3.8) is 0 Å². The van der Waals surface area contributed by atoms with Crippen LogP contribution in [0.1, 0.15) is 80.1 Å². The zero-order valence-corrected chi connectivity index (χ0v) is 21.7. The third kappa shape index (κ3) is 4.22. The quantitative estimate of drug-likeness (QED) is 0.157. The van der Waals surface area contributed by atoms with E-state index in [1.165, 1.54) is 57.7 Å². The molecule has 0 heterocycles. The van der Waals surface area contributed by atoms with Crippen molar-refractivity contribution in [2.45, 2.75) is 71.1 Å². The monoisotopic (exact) mass is 460 g/mol. The van der Waals surface area contributed by atoms with Crippen LogP contribution < -0.4 is 0 Å².